The zero-order chi connectivity index (χ0) is 14.5. The van der Waals surface area contributed by atoms with Crippen LogP contribution in [0.3, 0.4) is 0 Å². The van der Waals surface area contributed by atoms with Gasteiger partial charge in [0.1, 0.15) is 0 Å². The summed E-state index contributed by atoms with van der Waals surface area (Å²) in [5.74, 6) is 0.911. The lowest BCUT2D eigenvalue weighted by molar-refractivity contribution is 0.101. The van der Waals surface area contributed by atoms with Crippen molar-refractivity contribution in [3.8, 4) is 0 Å². The Balaban J connectivity index is 2.11. The van der Waals surface area contributed by atoms with E-state index in [1.54, 1.807) is 6.92 Å². The fourth-order valence-corrected chi connectivity index (χ4v) is 3.17. The molecule has 1 aliphatic rings. The molecule has 2 rings (SSSR count). The topological polar surface area (TPSA) is 46.3 Å². The van der Waals surface area contributed by atoms with Gasteiger partial charge in [0.25, 0.3) is 0 Å². The van der Waals surface area contributed by atoms with Crippen LogP contribution in [0.5, 0.6) is 0 Å². The van der Waals surface area contributed by atoms with Gasteiger partial charge in [0.05, 0.1) is 0 Å². The van der Waals surface area contributed by atoms with Crippen molar-refractivity contribution in [3.05, 3.63) is 23.8 Å². The second-order valence-corrected chi connectivity index (χ2v) is 5.90. The van der Waals surface area contributed by atoms with Gasteiger partial charge in [-0.15, -0.1) is 0 Å². The van der Waals surface area contributed by atoms with Gasteiger partial charge in [-0.1, -0.05) is 19.8 Å². The van der Waals surface area contributed by atoms with Gasteiger partial charge in [0.2, 0.25) is 0 Å². The number of carbonyl (C=O) groups is 1. The number of hydrogen-bond acceptors (Lipinski definition) is 3. The summed E-state index contributed by atoms with van der Waals surface area (Å²) in [5, 5.41) is 0. The Bertz CT molecular complexity index is 470. The van der Waals surface area contributed by atoms with Crippen LogP contribution in [0.2, 0.25) is 0 Å². The molecule has 2 N–H and O–H groups in total. The van der Waals surface area contributed by atoms with Gasteiger partial charge in [-0.25, -0.2) is 0 Å². The number of ketones is 1. The molecule has 0 aromatic heterocycles. The van der Waals surface area contributed by atoms with Gasteiger partial charge in [-0.2, -0.15) is 0 Å². The molecule has 0 saturated carbocycles. The van der Waals surface area contributed by atoms with Gasteiger partial charge >= 0.3 is 0 Å². The lowest BCUT2D eigenvalue weighted by Gasteiger charge is -2.23. The van der Waals surface area contributed by atoms with Crippen molar-refractivity contribution >= 4 is 17.2 Å². The normalized spacial score (nSPS) is 19.7. The minimum absolute atomic E-state index is 0.0445. The van der Waals surface area contributed by atoms with Crippen LogP contribution in [0.15, 0.2) is 18.2 Å². The third kappa shape index (κ3) is 3.53. The number of carbonyl (C=O) groups excluding carboxylic acids is 1. The highest BCUT2D eigenvalue weighted by molar-refractivity contribution is 6.00. The number of nitrogen functional groups attached to an aromatic ring is 1. The average Bonchev–Trinajstić information content (AvgIpc) is 2.65. The molecule has 110 valence electrons. The summed E-state index contributed by atoms with van der Waals surface area (Å²) in [7, 11) is 0. The van der Waals surface area contributed by atoms with Crippen LogP contribution in [0.25, 0.3) is 0 Å². The molecule has 20 heavy (non-hydrogen) atoms. The first-order valence-corrected chi connectivity index (χ1v) is 7.77. The Morgan fingerprint density at radius 2 is 2.15 bits per heavy atom. The molecule has 0 radical (unpaired) electrons. The Hall–Kier alpha value is -1.51. The Labute approximate surface area is 122 Å². The molecule has 1 fully saturated rings. The molecule has 3 nitrogen and oxygen atoms in total. The minimum Gasteiger partial charge on any atom is -0.398 e. The van der Waals surface area contributed by atoms with E-state index in [1.165, 1.54) is 32.1 Å². The third-order valence-electron chi connectivity index (χ3n) is 4.33. The largest absolute Gasteiger partial charge is 0.398 e. The standard InChI is InChI=1S/C17H26N2O/c1-3-5-14-6-4-10-19(11-9-14)15-7-8-17(18)16(12-15)13(2)20/h7-8,12,14H,3-6,9-11,18H2,1-2H3. The maximum absolute atomic E-state index is 11.6. The first kappa shape index (κ1) is 14.9. The summed E-state index contributed by atoms with van der Waals surface area (Å²) < 4.78 is 0. The van der Waals surface area contributed by atoms with Crippen LogP contribution < -0.4 is 10.6 Å². The SMILES string of the molecule is CCCC1CCCN(c2ccc(N)c(C(C)=O)c2)CC1. The maximum Gasteiger partial charge on any atom is 0.161 e. The third-order valence-corrected chi connectivity index (χ3v) is 4.33. The van der Waals surface area contributed by atoms with Crippen LogP contribution in [-0.2, 0) is 0 Å². The summed E-state index contributed by atoms with van der Waals surface area (Å²) >= 11 is 0. The second kappa shape index (κ2) is 6.78. The van der Waals surface area contributed by atoms with Crippen LogP contribution in [0.1, 0.15) is 56.3 Å². The van der Waals surface area contributed by atoms with Gasteiger partial charge in [-0.3, -0.25) is 4.79 Å². The van der Waals surface area contributed by atoms with Crippen LogP contribution in [-0.4, -0.2) is 18.9 Å². The molecule has 1 aromatic rings. The Morgan fingerprint density at radius 1 is 1.35 bits per heavy atom. The van der Waals surface area contributed by atoms with Gasteiger partial charge in [0.15, 0.2) is 5.78 Å². The predicted octanol–water partition coefficient (Wildman–Crippen LogP) is 3.88. The van der Waals surface area contributed by atoms with Crippen molar-refractivity contribution in [3.63, 3.8) is 0 Å². The maximum atomic E-state index is 11.6. The Kier molecular flexibility index (Phi) is 5.05. The van der Waals surface area contributed by atoms with Crippen molar-refractivity contribution in [1.29, 1.82) is 0 Å². The number of nitrogens with two attached hydrogens (primary N) is 1. The highest BCUT2D eigenvalue weighted by atomic mass is 16.1. The molecule has 1 unspecified atom stereocenters. The molecule has 1 atom stereocenters. The molecule has 0 amide bonds. The summed E-state index contributed by atoms with van der Waals surface area (Å²) in [4.78, 5) is 14.0. The van der Waals surface area contributed by atoms with E-state index >= 15 is 0 Å². The van der Waals surface area contributed by atoms with Gasteiger partial charge in [-0.05, 0) is 50.3 Å². The number of Topliss-reactive ketones (excluding diaryl/α,β-unsaturated/α-hetero) is 1. The van der Waals surface area contributed by atoms with Crippen molar-refractivity contribution in [2.45, 2.75) is 46.0 Å². The lowest BCUT2D eigenvalue weighted by Crippen LogP contribution is -2.24. The van der Waals surface area contributed by atoms with Crippen molar-refractivity contribution in [2.75, 3.05) is 23.7 Å². The van der Waals surface area contributed by atoms with Gasteiger partial charge in [0, 0.05) is 30.0 Å². The zero-order valence-electron chi connectivity index (χ0n) is 12.7. The summed E-state index contributed by atoms with van der Waals surface area (Å²) in [6.07, 6.45) is 6.45. The average molecular weight is 274 g/mol. The number of benzene rings is 1. The van der Waals surface area contributed by atoms with E-state index in [1.807, 2.05) is 18.2 Å². The minimum atomic E-state index is 0.0445. The van der Waals surface area contributed by atoms with Crippen LogP contribution in [0.4, 0.5) is 11.4 Å². The van der Waals surface area contributed by atoms with E-state index in [0.717, 1.165) is 24.7 Å². The summed E-state index contributed by atoms with van der Waals surface area (Å²) in [6.45, 7) is 6.02. The molecule has 0 spiro atoms. The molecule has 1 saturated heterocycles. The van der Waals surface area contributed by atoms with Crippen LogP contribution in [0, 0.1) is 5.92 Å². The van der Waals surface area contributed by atoms with E-state index in [9.17, 15) is 4.79 Å². The molecule has 3 heteroatoms. The number of hydrogen-bond donors (Lipinski definition) is 1. The van der Waals surface area contributed by atoms with E-state index in [-0.39, 0.29) is 5.78 Å². The quantitative estimate of drug-likeness (QED) is 0.669. The summed E-state index contributed by atoms with van der Waals surface area (Å²) in [6, 6.07) is 5.86. The first-order chi connectivity index (χ1) is 9.61. The molecule has 0 bridgehead atoms. The van der Waals surface area contributed by atoms with Crippen LogP contribution >= 0.6 is 0 Å². The molecule has 1 heterocycles. The summed E-state index contributed by atoms with van der Waals surface area (Å²) in [5.41, 5.74) is 8.25. The smallest absolute Gasteiger partial charge is 0.161 e. The Morgan fingerprint density at radius 3 is 2.85 bits per heavy atom. The molecule has 1 aromatic carbocycles. The lowest BCUT2D eigenvalue weighted by atomic mass is 9.96. The van der Waals surface area contributed by atoms with Crippen molar-refractivity contribution in [2.24, 2.45) is 5.92 Å². The van der Waals surface area contributed by atoms with Crippen molar-refractivity contribution in [1.82, 2.24) is 0 Å². The molecule has 0 aliphatic carbocycles. The fraction of sp³-hybridized carbons (Fsp3) is 0.588. The fourth-order valence-electron chi connectivity index (χ4n) is 3.17. The van der Waals surface area contributed by atoms with E-state index in [2.05, 4.69) is 11.8 Å². The molecular formula is C17H26N2O. The molecule has 1 aliphatic heterocycles. The van der Waals surface area contributed by atoms with Gasteiger partial charge < -0.3 is 10.6 Å². The molecular weight excluding hydrogens is 248 g/mol. The predicted molar refractivity (Wildman–Crippen MR) is 85.3 cm³/mol. The monoisotopic (exact) mass is 274 g/mol. The first-order valence-electron chi connectivity index (χ1n) is 7.77. The zero-order valence-corrected chi connectivity index (χ0v) is 12.7. The number of anilines is 2. The van der Waals surface area contributed by atoms with E-state index < -0.39 is 0 Å². The highest BCUT2D eigenvalue weighted by Crippen LogP contribution is 2.27. The van der Waals surface area contributed by atoms with Crippen molar-refractivity contribution < 1.29 is 4.79 Å². The van der Waals surface area contributed by atoms with E-state index in [4.69, 9.17) is 5.73 Å². The number of nitrogens with zero attached hydrogens (tertiary/aromatic N) is 1. The highest BCUT2D eigenvalue weighted by Gasteiger charge is 2.17. The van der Waals surface area contributed by atoms with E-state index in [0.29, 0.717) is 11.3 Å². The second-order valence-electron chi connectivity index (χ2n) is 5.90. The number of rotatable bonds is 4.